The van der Waals surface area contributed by atoms with Gasteiger partial charge in [0.1, 0.15) is 5.71 Å². The SMILES string of the molecule is CCOC(=O)/C(CC1CCCC1)=N\NCCC(C)C. The lowest BCUT2D eigenvalue weighted by Gasteiger charge is -2.11. The third-order valence-corrected chi connectivity index (χ3v) is 3.52. The molecule has 1 N–H and O–H groups in total. The molecular weight excluding hydrogens is 240 g/mol. The van der Waals surface area contributed by atoms with Gasteiger partial charge in [0.25, 0.3) is 0 Å². The van der Waals surface area contributed by atoms with Gasteiger partial charge in [-0.25, -0.2) is 4.79 Å². The highest BCUT2D eigenvalue weighted by molar-refractivity contribution is 6.36. The van der Waals surface area contributed by atoms with E-state index in [1.54, 1.807) is 0 Å². The zero-order valence-electron chi connectivity index (χ0n) is 12.6. The number of ether oxygens (including phenoxy) is 1. The second-order valence-corrected chi connectivity index (χ2v) is 5.72. The molecule has 0 aromatic rings. The molecule has 0 amide bonds. The van der Waals surface area contributed by atoms with Crippen LogP contribution in [-0.2, 0) is 9.53 Å². The van der Waals surface area contributed by atoms with Crippen LogP contribution < -0.4 is 5.43 Å². The smallest absolute Gasteiger partial charge is 0.354 e. The first-order chi connectivity index (χ1) is 9.13. The van der Waals surface area contributed by atoms with E-state index >= 15 is 0 Å². The van der Waals surface area contributed by atoms with E-state index in [1.165, 1.54) is 25.7 Å². The molecule has 110 valence electrons. The summed E-state index contributed by atoms with van der Waals surface area (Å²) in [6, 6.07) is 0. The normalized spacial score (nSPS) is 16.9. The van der Waals surface area contributed by atoms with Crippen molar-refractivity contribution in [2.45, 2.75) is 59.3 Å². The van der Waals surface area contributed by atoms with E-state index in [0.29, 0.717) is 24.2 Å². The van der Waals surface area contributed by atoms with Crippen molar-refractivity contribution in [3.8, 4) is 0 Å². The predicted molar refractivity (Wildman–Crippen MR) is 78.1 cm³/mol. The number of hydrogen-bond acceptors (Lipinski definition) is 4. The lowest BCUT2D eigenvalue weighted by atomic mass is 10.0. The summed E-state index contributed by atoms with van der Waals surface area (Å²) in [5, 5.41) is 4.27. The van der Waals surface area contributed by atoms with Crippen LogP contribution in [0.25, 0.3) is 0 Å². The average Bonchev–Trinajstić information content (AvgIpc) is 2.85. The Morgan fingerprint density at radius 3 is 2.63 bits per heavy atom. The molecule has 1 aliphatic carbocycles. The fourth-order valence-electron chi connectivity index (χ4n) is 2.38. The van der Waals surface area contributed by atoms with E-state index in [0.717, 1.165) is 19.4 Å². The first-order valence-electron chi connectivity index (χ1n) is 7.60. The Hall–Kier alpha value is -1.06. The minimum absolute atomic E-state index is 0.258. The maximum absolute atomic E-state index is 11.9. The Morgan fingerprint density at radius 2 is 2.05 bits per heavy atom. The Bertz CT molecular complexity index is 295. The summed E-state index contributed by atoms with van der Waals surface area (Å²) in [6.45, 7) is 7.41. The van der Waals surface area contributed by atoms with Crippen LogP contribution in [0.15, 0.2) is 5.10 Å². The summed E-state index contributed by atoms with van der Waals surface area (Å²) in [6.07, 6.45) is 6.80. The van der Waals surface area contributed by atoms with Gasteiger partial charge in [0, 0.05) is 13.0 Å². The second-order valence-electron chi connectivity index (χ2n) is 5.72. The lowest BCUT2D eigenvalue weighted by Crippen LogP contribution is -2.24. The maximum Gasteiger partial charge on any atom is 0.354 e. The van der Waals surface area contributed by atoms with Crippen molar-refractivity contribution in [1.29, 1.82) is 0 Å². The number of nitrogens with zero attached hydrogens (tertiary/aromatic N) is 1. The molecule has 4 nitrogen and oxygen atoms in total. The Labute approximate surface area is 117 Å². The number of nitrogens with one attached hydrogen (secondary N) is 1. The van der Waals surface area contributed by atoms with Crippen molar-refractivity contribution in [2.24, 2.45) is 16.9 Å². The molecule has 0 aromatic heterocycles. The van der Waals surface area contributed by atoms with Crippen molar-refractivity contribution >= 4 is 11.7 Å². The summed E-state index contributed by atoms with van der Waals surface area (Å²) < 4.78 is 5.08. The van der Waals surface area contributed by atoms with Crippen molar-refractivity contribution in [2.75, 3.05) is 13.2 Å². The zero-order valence-corrected chi connectivity index (χ0v) is 12.6. The van der Waals surface area contributed by atoms with Crippen molar-refractivity contribution < 1.29 is 9.53 Å². The van der Waals surface area contributed by atoms with Crippen LogP contribution in [-0.4, -0.2) is 24.8 Å². The lowest BCUT2D eigenvalue weighted by molar-refractivity contribution is -0.135. The average molecular weight is 268 g/mol. The monoisotopic (exact) mass is 268 g/mol. The van der Waals surface area contributed by atoms with Gasteiger partial charge in [0.05, 0.1) is 6.61 Å². The van der Waals surface area contributed by atoms with E-state index in [2.05, 4.69) is 24.4 Å². The van der Waals surface area contributed by atoms with Crippen LogP contribution in [0.2, 0.25) is 0 Å². The minimum Gasteiger partial charge on any atom is -0.461 e. The van der Waals surface area contributed by atoms with Gasteiger partial charge in [-0.2, -0.15) is 5.10 Å². The van der Waals surface area contributed by atoms with Crippen molar-refractivity contribution in [1.82, 2.24) is 5.43 Å². The molecular formula is C15H28N2O2. The molecule has 0 aromatic carbocycles. The molecule has 4 heteroatoms. The maximum atomic E-state index is 11.9. The first kappa shape index (κ1) is 16.0. The molecule has 0 radical (unpaired) electrons. The third kappa shape index (κ3) is 6.60. The summed E-state index contributed by atoms with van der Waals surface area (Å²) in [5.41, 5.74) is 3.58. The van der Waals surface area contributed by atoms with E-state index in [4.69, 9.17) is 4.74 Å². The fraction of sp³-hybridized carbons (Fsp3) is 0.867. The summed E-state index contributed by atoms with van der Waals surface area (Å²) in [5.74, 6) is 0.991. The first-order valence-corrected chi connectivity index (χ1v) is 7.60. The molecule has 0 spiro atoms. The van der Waals surface area contributed by atoms with Gasteiger partial charge >= 0.3 is 5.97 Å². The highest BCUT2D eigenvalue weighted by Gasteiger charge is 2.22. The molecule has 0 unspecified atom stereocenters. The predicted octanol–water partition coefficient (Wildman–Crippen LogP) is 3.12. The van der Waals surface area contributed by atoms with Gasteiger partial charge in [-0.15, -0.1) is 0 Å². The van der Waals surface area contributed by atoms with Crippen LogP contribution in [0.5, 0.6) is 0 Å². The molecule has 0 aliphatic heterocycles. The Morgan fingerprint density at radius 1 is 1.37 bits per heavy atom. The van der Waals surface area contributed by atoms with E-state index in [-0.39, 0.29) is 5.97 Å². The van der Waals surface area contributed by atoms with Crippen LogP contribution >= 0.6 is 0 Å². The number of carbonyl (C=O) groups excluding carboxylic acids is 1. The van der Waals surface area contributed by atoms with E-state index < -0.39 is 0 Å². The Balaban J connectivity index is 2.47. The van der Waals surface area contributed by atoms with Crippen LogP contribution in [0.3, 0.4) is 0 Å². The molecule has 1 fully saturated rings. The number of hydrogen-bond donors (Lipinski definition) is 1. The summed E-state index contributed by atoms with van der Waals surface area (Å²) in [7, 11) is 0. The number of rotatable bonds is 8. The van der Waals surface area contributed by atoms with Gasteiger partial charge in [0.2, 0.25) is 0 Å². The van der Waals surface area contributed by atoms with Gasteiger partial charge < -0.3 is 10.2 Å². The van der Waals surface area contributed by atoms with Gasteiger partial charge in [-0.3, -0.25) is 0 Å². The zero-order chi connectivity index (χ0) is 14.1. The second kappa shape index (κ2) is 8.94. The van der Waals surface area contributed by atoms with E-state index in [1.807, 2.05) is 6.92 Å². The highest BCUT2D eigenvalue weighted by Crippen LogP contribution is 2.28. The highest BCUT2D eigenvalue weighted by atomic mass is 16.5. The van der Waals surface area contributed by atoms with Gasteiger partial charge in [0.15, 0.2) is 0 Å². The molecule has 0 bridgehead atoms. The van der Waals surface area contributed by atoms with Gasteiger partial charge in [-0.1, -0.05) is 39.5 Å². The molecule has 1 aliphatic rings. The number of esters is 1. The van der Waals surface area contributed by atoms with Gasteiger partial charge in [-0.05, 0) is 25.2 Å². The minimum atomic E-state index is -0.258. The molecule has 19 heavy (non-hydrogen) atoms. The quantitative estimate of drug-likeness (QED) is 0.318. The topological polar surface area (TPSA) is 50.7 Å². The van der Waals surface area contributed by atoms with Crippen LogP contribution in [0.4, 0.5) is 0 Å². The van der Waals surface area contributed by atoms with Crippen LogP contribution in [0.1, 0.15) is 59.3 Å². The molecule has 1 rings (SSSR count). The summed E-state index contributed by atoms with van der Waals surface area (Å²) >= 11 is 0. The summed E-state index contributed by atoms with van der Waals surface area (Å²) in [4.78, 5) is 11.9. The third-order valence-electron chi connectivity index (χ3n) is 3.52. The standard InChI is InChI=1S/C15H28N2O2/c1-4-19-15(18)14(11-13-7-5-6-8-13)17-16-10-9-12(2)3/h12-13,16H,4-11H2,1-3H3/b17-14-. The molecule has 1 saturated carbocycles. The largest absolute Gasteiger partial charge is 0.461 e. The van der Waals surface area contributed by atoms with E-state index in [9.17, 15) is 4.79 Å². The molecule has 0 heterocycles. The molecule has 0 atom stereocenters. The Kier molecular flexibility index (Phi) is 7.53. The van der Waals surface area contributed by atoms with Crippen molar-refractivity contribution in [3.05, 3.63) is 0 Å². The number of carbonyl (C=O) groups is 1. The fourth-order valence-corrected chi connectivity index (χ4v) is 2.38. The molecule has 0 saturated heterocycles. The van der Waals surface area contributed by atoms with Crippen LogP contribution in [0, 0.1) is 11.8 Å². The van der Waals surface area contributed by atoms with Crippen molar-refractivity contribution in [3.63, 3.8) is 0 Å². The number of hydrazone groups is 1.